The molecule has 1 atom stereocenters. The third kappa shape index (κ3) is 3.53. The molecule has 0 amide bonds. The second-order valence-electron chi connectivity index (χ2n) is 8.10. The third-order valence-corrected chi connectivity index (χ3v) is 8.34. The van der Waals surface area contributed by atoms with Gasteiger partial charge in [-0.2, -0.15) is 0 Å². The van der Waals surface area contributed by atoms with Crippen LogP contribution in [0.4, 0.5) is 0 Å². The quantitative estimate of drug-likeness (QED) is 0.727. The summed E-state index contributed by atoms with van der Waals surface area (Å²) in [6, 6.07) is 0. The van der Waals surface area contributed by atoms with E-state index in [0.29, 0.717) is 44.8 Å². The largest absolute Gasteiger partial charge is 0.460 e. The number of carbonyl (C=O) groups is 1. The summed E-state index contributed by atoms with van der Waals surface area (Å²) in [6.07, 6.45) is 11.3. The van der Waals surface area contributed by atoms with Crippen molar-refractivity contribution in [2.75, 3.05) is 18.8 Å². The molecule has 3 aliphatic rings. The van der Waals surface area contributed by atoms with Gasteiger partial charge in [0, 0.05) is 31.9 Å². The second-order valence-corrected chi connectivity index (χ2v) is 10.1. The van der Waals surface area contributed by atoms with Crippen molar-refractivity contribution in [1.29, 1.82) is 0 Å². The van der Waals surface area contributed by atoms with Crippen molar-refractivity contribution in [3.05, 3.63) is 18.7 Å². The highest BCUT2D eigenvalue weighted by molar-refractivity contribution is 7.89. The minimum Gasteiger partial charge on any atom is -0.460 e. The van der Waals surface area contributed by atoms with Crippen LogP contribution in [0.15, 0.2) is 18.7 Å². The summed E-state index contributed by atoms with van der Waals surface area (Å²) < 4.78 is 34.5. The smallest absolute Gasteiger partial charge is 0.312 e. The van der Waals surface area contributed by atoms with E-state index in [9.17, 15) is 13.2 Å². The maximum Gasteiger partial charge on any atom is 0.312 e. The number of piperidine rings is 1. The number of rotatable bonds is 5. The number of nitrogens with zero attached hydrogens (tertiary/aromatic N) is 3. The van der Waals surface area contributed by atoms with Crippen LogP contribution in [0.25, 0.3) is 0 Å². The van der Waals surface area contributed by atoms with Crippen LogP contribution in [-0.2, 0) is 26.1 Å². The Morgan fingerprint density at radius 3 is 2.62 bits per heavy atom. The Morgan fingerprint density at radius 1 is 1.23 bits per heavy atom. The molecule has 1 spiro atoms. The summed E-state index contributed by atoms with van der Waals surface area (Å²) in [5.41, 5.74) is -0.509. The molecule has 0 radical (unpaired) electrons. The van der Waals surface area contributed by atoms with Gasteiger partial charge in [-0.25, -0.2) is 17.7 Å². The van der Waals surface area contributed by atoms with Gasteiger partial charge in [0.25, 0.3) is 0 Å². The van der Waals surface area contributed by atoms with E-state index in [2.05, 4.69) is 4.98 Å². The molecule has 0 aromatic carbocycles. The van der Waals surface area contributed by atoms with E-state index >= 15 is 0 Å². The van der Waals surface area contributed by atoms with E-state index in [0.717, 1.165) is 25.7 Å². The molecule has 1 saturated carbocycles. The molecular weight excluding hydrogens is 354 g/mol. The van der Waals surface area contributed by atoms with Gasteiger partial charge in [0.2, 0.25) is 10.0 Å². The Labute approximate surface area is 154 Å². The zero-order chi connectivity index (χ0) is 18.2. The summed E-state index contributed by atoms with van der Waals surface area (Å²) >= 11 is 0. The van der Waals surface area contributed by atoms with Crippen molar-refractivity contribution in [2.24, 2.45) is 11.3 Å². The molecule has 1 aromatic rings. The number of hydrogen-bond acceptors (Lipinski definition) is 5. The minimum absolute atomic E-state index is 0.154. The number of esters is 1. The van der Waals surface area contributed by atoms with E-state index in [4.69, 9.17) is 4.74 Å². The predicted octanol–water partition coefficient (Wildman–Crippen LogP) is 1.80. The molecule has 0 bridgehead atoms. The highest BCUT2D eigenvalue weighted by atomic mass is 32.2. The highest BCUT2D eigenvalue weighted by Crippen LogP contribution is 2.44. The number of carbonyl (C=O) groups excluding carboxylic acids is 1. The molecular formula is C18H27N3O4S. The van der Waals surface area contributed by atoms with Crippen molar-refractivity contribution in [2.45, 2.75) is 57.6 Å². The maximum absolute atomic E-state index is 12.7. The summed E-state index contributed by atoms with van der Waals surface area (Å²) in [4.78, 5) is 16.5. The Balaban J connectivity index is 1.35. The molecule has 7 nitrogen and oxygen atoms in total. The van der Waals surface area contributed by atoms with Gasteiger partial charge in [0.15, 0.2) is 0 Å². The normalized spacial score (nSPS) is 27.2. The summed E-state index contributed by atoms with van der Waals surface area (Å²) in [6.45, 7) is 1.47. The van der Waals surface area contributed by atoms with Crippen molar-refractivity contribution < 1.29 is 17.9 Å². The summed E-state index contributed by atoms with van der Waals surface area (Å²) in [7, 11) is -3.22. The summed E-state index contributed by atoms with van der Waals surface area (Å²) in [5, 5.41) is 0. The number of aromatic nitrogens is 2. The molecule has 1 aliphatic carbocycles. The predicted molar refractivity (Wildman–Crippen MR) is 95.7 cm³/mol. The van der Waals surface area contributed by atoms with Gasteiger partial charge < -0.3 is 9.30 Å². The molecule has 4 rings (SSSR count). The van der Waals surface area contributed by atoms with Gasteiger partial charge in [-0.1, -0.05) is 12.8 Å². The van der Waals surface area contributed by atoms with E-state index in [1.807, 2.05) is 10.8 Å². The average Bonchev–Trinajstić information content (AvgIpc) is 3.33. The Hall–Kier alpha value is -1.41. The lowest BCUT2D eigenvalue weighted by Gasteiger charge is -2.36. The minimum atomic E-state index is -3.22. The lowest BCUT2D eigenvalue weighted by atomic mass is 9.76. The fraction of sp³-hybridized carbons (Fsp3) is 0.778. The SMILES string of the molecule is O=C1OC(Cn2ccnc2)CC12CCN(S(=O)(=O)CC1CCCC1)CC2. The van der Waals surface area contributed by atoms with Crippen molar-refractivity contribution >= 4 is 16.0 Å². The lowest BCUT2D eigenvalue weighted by Crippen LogP contribution is -2.46. The molecule has 26 heavy (non-hydrogen) atoms. The van der Waals surface area contributed by atoms with Crippen molar-refractivity contribution in [3.63, 3.8) is 0 Å². The van der Waals surface area contributed by atoms with E-state index in [1.165, 1.54) is 0 Å². The van der Waals surface area contributed by atoms with Crippen LogP contribution in [0.3, 0.4) is 0 Å². The second kappa shape index (κ2) is 6.96. The molecule has 0 N–H and O–H groups in total. The number of sulfonamides is 1. The van der Waals surface area contributed by atoms with Crippen LogP contribution >= 0.6 is 0 Å². The molecule has 2 saturated heterocycles. The van der Waals surface area contributed by atoms with Gasteiger partial charge in [0.1, 0.15) is 6.10 Å². The monoisotopic (exact) mass is 381 g/mol. The van der Waals surface area contributed by atoms with E-state index < -0.39 is 15.4 Å². The Kier molecular flexibility index (Phi) is 4.81. The van der Waals surface area contributed by atoms with Crippen LogP contribution in [-0.4, -0.2) is 53.2 Å². The number of ether oxygens (including phenoxy) is 1. The average molecular weight is 381 g/mol. The van der Waals surface area contributed by atoms with Crippen LogP contribution in [0.2, 0.25) is 0 Å². The summed E-state index contributed by atoms with van der Waals surface area (Å²) in [5.74, 6) is 0.426. The van der Waals surface area contributed by atoms with Gasteiger partial charge in [-0.3, -0.25) is 4.79 Å². The Morgan fingerprint density at radius 2 is 1.96 bits per heavy atom. The number of cyclic esters (lactones) is 1. The molecule has 1 aromatic heterocycles. The zero-order valence-electron chi connectivity index (χ0n) is 15.0. The third-order valence-electron chi connectivity index (χ3n) is 6.29. The van der Waals surface area contributed by atoms with Crippen LogP contribution in [0, 0.1) is 11.3 Å². The van der Waals surface area contributed by atoms with Gasteiger partial charge in [-0.05, 0) is 31.6 Å². The van der Waals surface area contributed by atoms with Gasteiger partial charge in [-0.15, -0.1) is 0 Å². The molecule has 144 valence electrons. The van der Waals surface area contributed by atoms with Gasteiger partial charge in [0.05, 0.1) is 24.0 Å². The van der Waals surface area contributed by atoms with E-state index in [1.54, 1.807) is 16.8 Å². The fourth-order valence-electron chi connectivity index (χ4n) is 4.75. The lowest BCUT2D eigenvalue weighted by molar-refractivity contribution is -0.150. The fourth-order valence-corrected chi connectivity index (χ4v) is 6.63. The zero-order valence-corrected chi connectivity index (χ0v) is 15.9. The van der Waals surface area contributed by atoms with Crippen molar-refractivity contribution in [1.82, 2.24) is 13.9 Å². The first kappa shape index (κ1) is 18.0. The molecule has 2 aliphatic heterocycles. The van der Waals surface area contributed by atoms with Crippen LogP contribution in [0.1, 0.15) is 44.9 Å². The van der Waals surface area contributed by atoms with E-state index in [-0.39, 0.29) is 17.8 Å². The molecule has 3 fully saturated rings. The van der Waals surface area contributed by atoms with Gasteiger partial charge >= 0.3 is 5.97 Å². The standard InChI is InChI=1S/C18H27N3O4S/c22-17-18(11-16(25-17)12-20-10-7-19-14-20)5-8-21(9-6-18)26(23,24)13-15-3-1-2-4-15/h7,10,14-16H,1-6,8-9,11-13H2. The first-order valence-corrected chi connectivity index (χ1v) is 11.2. The number of hydrogen-bond donors (Lipinski definition) is 0. The first-order chi connectivity index (χ1) is 12.5. The molecule has 1 unspecified atom stereocenters. The highest BCUT2D eigenvalue weighted by Gasteiger charge is 2.51. The maximum atomic E-state index is 12.7. The molecule has 3 heterocycles. The first-order valence-electron chi connectivity index (χ1n) is 9.62. The topological polar surface area (TPSA) is 81.5 Å². The van der Waals surface area contributed by atoms with Crippen molar-refractivity contribution in [3.8, 4) is 0 Å². The van der Waals surface area contributed by atoms with Crippen LogP contribution < -0.4 is 0 Å². The number of imidazole rings is 1. The Bertz CT molecular complexity index is 732. The molecule has 8 heteroatoms. The van der Waals surface area contributed by atoms with Crippen LogP contribution in [0.5, 0.6) is 0 Å².